The van der Waals surface area contributed by atoms with Gasteiger partial charge in [-0.15, -0.1) is 0 Å². The first-order valence-corrected chi connectivity index (χ1v) is 7.50. The fraction of sp³-hybridized carbons (Fsp3) is 0.0556. The maximum atomic E-state index is 12.6. The van der Waals surface area contributed by atoms with Crippen molar-refractivity contribution in [3.8, 4) is 5.75 Å². The van der Waals surface area contributed by atoms with Crippen LogP contribution in [0.1, 0.15) is 17.0 Å². The zero-order chi connectivity index (χ0) is 17.6. The van der Waals surface area contributed by atoms with E-state index >= 15 is 0 Å². The number of benzene rings is 2. The Kier molecular flexibility index (Phi) is 3.28. The number of nitro groups is 1. The van der Waals surface area contributed by atoms with Gasteiger partial charge in [-0.2, -0.15) is 0 Å². The van der Waals surface area contributed by atoms with E-state index in [0.29, 0.717) is 16.5 Å². The zero-order valence-electron chi connectivity index (χ0n) is 12.8. The molecule has 2 aromatic carbocycles. The van der Waals surface area contributed by atoms with E-state index in [1.807, 2.05) is 0 Å². The third-order valence-electron chi connectivity index (χ3n) is 4.16. The normalized spacial score (nSPS) is 16.4. The van der Waals surface area contributed by atoms with Crippen LogP contribution in [0.4, 0.5) is 0 Å². The first kappa shape index (κ1) is 14.9. The average molecular weight is 336 g/mol. The van der Waals surface area contributed by atoms with Crippen LogP contribution in [0.15, 0.2) is 75.4 Å². The van der Waals surface area contributed by atoms with E-state index in [1.165, 1.54) is 0 Å². The molecule has 3 aromatic rings. The highest BCUT2D eigenvalue weighted by atomic mass is 16.6. The van der Waals surface area contributed by atoms with Crippen molar-refractivity contribution in [1.29, 1.82) is 0 Å². The Morgan fingerprint density at radius 3 is 2.44 bits per heavy atom. The molecule has 1 aromatic heterocycles. The Labute approximate surface area is 141 Å². The summed E-state index contributed by atoms with van der Waals surface area (Å²) in [6, 6.07) is 15.5. The van der Waals surface area contributed by atoms with Crippen LogP contribution < -0.4 is 16.1 Å². The molecule has 1 aliphatic rings. The molecule has 2 heterocycles. The van der Waals surface area contributed by atoms with E-state index < -0.39 is 16.5 Å². The summed E-state index contributed by atoms with van der Waals surface area (Å²) in [7, 11) is 0. The number of hydrogen-bond acceptors (Lipinski definition) is 6. The molecule has 0 bridgehead atoms. The van der Waals surface area contributed by atoms with Gasteiger partial charge in [-0.05, 0) is 17.7 Å². The summed E-state index contributed by atoms with van der Waals surface area (Å²) in [5.41, 5.74) is 5.75. The van der Waals surface area contributed by atoms with Gasteiger partial charge in [0.15, 0.2) is 5.75 Å². The van der Waals surface area contributed by atoms with Crippen LogP contribution in [-0.4, -0.2) is 4.92 Å². The van der Waals surface area contributed by atoms with E-state index in [0.717, 1.165) is 0 Å². The summed E-state index contributed by atoms with van der Waals surface area (Å²) in [6.45, 7) is 0. The molecule has 0 saturated carbocycles. The minimum absolute atomic E-state index is 0.0748. The molecule has 0 spiro atoms. The average Bonchev–Trinajstić information content (AvgIpc) is 2.61. The second-order valence-electron chi connectivity index (χ2n) is 5.58. The van der Waals surface area contributed by atoms with Crippen LogP contribution in [0.25, 0.3) is 11.0 Å². The number of hydrogen-bond donors (Lipinski definition) is 1. The molecule has 1 unspecified atom stereocenters. The molecule has 124 valence electrons. The molecule has 4 rings (SSSR count). The van der Waals surface area contributed by atoms with Crippen LogP contribution in [0.2, 0.25) is 0 Å². The Hall–Kier alpha value is -3.61. The van der Waals surface area contributed by atoms with Gasteiger partial charge in [0.25, 0.3) is 5.88 Å². The Bertz CT molecular complexity index is 1090. The molecule has 1 atom stereocenters. The maximum absolute atomic E-state index is 12.6. The molecule has 0 radical (unpaired) electrons. The smallest absolute Gasteiger partial charge is 0.344 e. The number of nitrogens with zero attached hydrogens (tertiary/aromatic N) is 1. The quantitative estimate of drug-likeness (QED) is 0.438. The highest BCUT2D eigenvalue weighted by Crippen LogP contribution is 2.43. The molecular weight excluding hydrogens is 324 g/mol. The predicted octanol–water partition coefficient (Wildman–Crippen LogP) is 2.72. The third-order valence-corrected chi connectivity index (χ3v) is 4.16. The van der Waals surface area contributed by atoms with Gasteiger partial charge >= 0.3 is 11.3 Å². The summed E-state index contributed by atoms with van der Waals surface area (Å²) < 4.78 is 10.9. The van der Waals surface area contributed by atoms with Crippen molar-refractivity contribution in [2.75, 3.05) is 0 Å². The van der Waals surface area contributed by atoms with Crippen LogP contribution in [0, 0.1) is 10.1 Å². The first-order valence-electron chi connectivity index (χ1n) is 7.50. The van der Waals surface area contributed by atoms with Gasteiger partial charge in [-0.25, -0.2) is 4.79 Å². The van der Waals surface area contributed by atoms with Crippen molar-refractivity contribution in [3.63, 3.8) is 0 Å². The van der Waals surface area contributed by atoms with Crippen LogP contribution >= 0.6 is 0 Å². The number of allylic oxidation sites excluding steroid dienone is 1. The van der Waals surface area contributed by atoms with Crippen molar-refractivity contribution in [1.82, 2.24) is 0 Å². The van der Waals surface area contributed by atoms with Crippen molar-refractivity contribution in [2.45, 2.75) is 5.92 Å². The highest BCUT2D eigenvalue weighted by molar-refractivity contribution is 5.85. The van der Waals surface area contributed by atoms with Gasteiger partial charge < -0.3 is 14.9 Å². The Balaban J connectivity index is 2.10. The second-order valence-corrected chi connectivity index (χ2v) is 5.58. The SMILES string of the molecule is NC1=C([N+](=O)[O-])C(c2ccccc2)c2c(c3ccccc3oc2=O)O1. The van der Waals surface area contributed by atoms with Gasteiger partial charge in [0.05, 0.1) is 15.9 Å². The second kappa shape index (κ2) is 5.48. The van der Waals surface area contributed by atoms with E-state index in [2.05, 4.69) is 0 Å². The number of para-hydroxylation sites is 1. The summed E-state index contributed by atoms with van der Waals surface area (Å²) in [5.74, 6) is -1.10. The molecule has 0 aliphatic carbocycles. The fourth-order valence-corrected chi connectivity index (χ4v) is 3.10. The molecule has 7 nitrogen and oxygen atoms in total. The van der Waals surface area contributed by atoms with E-state index in [-0.39, 0.29) is 22.9 Å². The fourth-order valence-electron chi connectivity index (χ4n) is 3.10. The van der Waals surface area contributed by atoms with E-state index in [9.17, 15) is 14.9 Å². The van der Waals surface area contributed by atoms with Crippen molar-refractivity contribution >= 4 is 11.0 Å². The molecule has 25 heavy (non-hydrogen) atoms. The summed E-state index contributed by atoms with van der Waals surface area (Å²) >= 11 is 0. The summed E-state index contributed by atoms with van der Waals surface area (Å²) in [6.07, 6.45) is 0. The van der Waals surface area contributed by atoms with Gasteiger partial charge in [-0.1, -0.05) is 42.5 Å². The number of ether oxygens (including phenoxy) is 1. The Morgan fingerprint density at radius 1 is 1.04 bits per heavy atom. The molecule has 0 amide bonds. The van der Waals surface area contributed by atoms with Crippen LogP contribution in [-0.2, 0) is 0 Å². The molecule has 0 saturated heterocycles. The minimum atomic E-state index is -0.971. The lowest BCUT2D eigenvalue weighted by Crippen LogP contribution is -2.29. The van der Waals surface area contributed by atoms with Crippen LogP contribution in [0.5, 0.6) is 5.75 Å². The van der Waals surface area contributed by atoms with Crippen molar-refractivity contribution in [2.24, 2.45) is 5.73 Å². The lowest BCUT2D eigenvalue weighted by molar-refractivity contribution is -0.432. The zero-order valence-corrected chi connectivity index (χ0v) is 12.8. The van der Waals surface area contributed by atoms with Gasteiger partial charge in [0, 0.05) is 0 Å². The van der Waals surface area contributed by atoms with E-state index in [1.54, 1.807) is 54.6 Å². The maximum Gasteiger partial charge on any atom is 0.344 e. The molecule has 0 fully saturated rings. The van der Waals surface area contributed by atoms with Crippen molar-refractivity contribution in [3.05, 3.63) is 97.8 Å². The van der Waals surface area contributed by atoms with Gasteiger partial charge in [0.1, 0.15) is 11.5 Å². The molecule has 1 aliphatic heterocycles. The standard InChI is InChI=1S/C18H12N2O5/c19-17-15(20(22)23)13(10-6-2-1-3-7-10)14-16(25-17)11-8-4-5-9-12(11)24-18(14)21/h1-9,13H,19H2. The van der Waals surface area contributed by atoms with Crippen molar-refractivity contribution < 1.29 is 14.1 Å². The van der Waals surface area contributed by atoms with E-state index in [4.69, 9.17) is 14.9 Å². The minimum Gasteiger partial charge on any atom is -0.434 e. The number of nitrogens with two attached hydrogens (primary N) is 1. The Morgan fingerprint density at radius 2 is 1.72 bits per heavy atom. The summed E-state index contributed by atoms with van der Waals surface area (Å²) in [4.78, 5) is 23.6. The first-order chi connectivity index (χ1) is 12.1. The topological polar surface area (TPSA) is 109 Å². The number of rotatable bonds is 2. The summed E-state index contributed by atoms with van der Waals surface area (Å²) in [5, 5.41) is 12.1. The third kappa shape index (κ3) is 2.25. The van der Waals surface area contributed by atoms with Crippen LogP contribution in [0.3, 0.4) is 0 Å². The monoisotopic (exact) mass is 336 g/mol. The van der Waals surface area contributed by atoms with Gasteiger partial charge in [-0.3, -0.25) is 10.1 Å². The highest BCUT2D eigenvalue weighted by Gasteiger charge is 2.42. The lowest BCUT2D eigenvalue weighted by atomic mass is 9.87. The largest absolute Gasteiger partial charge is 0.434 e. The number of fused-ring (bicyclic) bond motifs is 3. The molecule has 2 N–H and O–H groups in total. The molecule has 7 heteroatoms. The van der Waals surface area contributed by atoms with Gasteiger partial charge in [0.2, 0.25) is 0 Å². The molecular formula is C18H12N2O5. The lowest BCUT2D eigenvalue weighted by Gasteiger charge is -2.23. The predicted molar refractivity (Wildman–Crippen MR) is 89.6 cm³/mol.